The van der Waals surface area contributed by atoms with Crippen LogP contribution in [0, 0.1) is 0 Å². The number of fused-ring (bicyclic) bond motifs is 1. The number of sulfonamides is 1. The minimum absolute atomic E-state index is 0.0676. The van der Waals surface area contributed by atoms with Crippen molar-refractivity contribution in [2.45, 2.75) is 4.90 Å². The number of esters is 1. The Labute approximate surface area is 138 Å². The van der Waals surface area contributed by atoms with Crippen LogP contribution in [0.15, 0.2) is 53.4 Å². The molecule has 0 aromatic heterocycles. The predicted octanol–water partition coefficient (Wildman–Crippen LogP) is 1.65. The summed E-state index contributed by atoms with van der Waals surface area (Å²) in [7, 11) is -2.50. The van der Waals surface area contributed by atoms with E-state index in [4.69, 9.17) is 9.47 Å². The second-order valence-electron chi connectivity index (χ2n) is 4.94. The van der Waals surface area contributed by atoms with E-state index in [2.05, 4.69) is 0 Å². The Bertz CT molecular complexity index is 904. The van der Waals surface area contributed by atoms with Gasteiger partial charge in [-0.05, 0) is 36.4 Å². The molecule has 1 aliphatic rings. The monoisotopic (exact) mass is 347 g/mol. The molecule has 0 radical (unpaired) electrons. The van der Waals surface area contributed by atoms with Crippen molar-refractivity contribution in [1.29, 1.82) is 0 Å². The van der Waals surface area contributed by atoms with Crippen molar-refractivity contribution in [2.24, 2.45) is 0 Å². The highest BCUT2D eigenvalue weighted by atomic mass is 32.2. The van der Waals surface area contributed by atoms with E-state index in [1.165, 1.54) is 37.4 Å². The molecule has 2 aromatic rings. The molecule has 1 heterocycles. The Kier molecular flexibility index (Phi) is 3.98. The number of methoxy groups -OCH3 is 1. The molecule has 0 N–H and O–H groups in total. The van der Waals surface area contributed by atoms with Gasteiger partial charge in [0.1, 0.15) is 10.6 Å². The minimum Gasteiger partial charge on any atom is -0.497 e. The number of rotatable bonds is 4. The number of carbonyl (C=O) groups is 2. The summed E-state index contributed by atoms with van der Waals surface area (Å²) in [4.78, 5) is 24.1. The van der Waals surface area contributed by atoms with Gasteiger partial charge in [-0.3, -0.25) is 4.79 Å². The van der Waals surface area contributed by atoms with Crippen molar-refractivity contribution < 1.29 is 27.5 Å². The van der Waals surface area contributed by atoms with Crippen LogP contribution in [0.25, 0.3) is 0 Å². The first-order chi connectivity index (χ1) is 11.4. The van der Waals surface area contributed by atoms with Crippen molar-refractivity contribution in [3.8, 4) is 5.75 Å². The fraction of sp³-hybridized carbons (Fsp3) is 0.125. The third-order valence-corrected chi connectivity index (χ3v) is 5.31. The van der Waals surface area contributed by atoms with E-state index in [0.717, 1.165) is 0 Å². The molecule has 2 aromatic carbocycles. The van der Waals surface area contributed by atoms with Crippen molar-refractivity contribution >= 4 is 21.9 Å². The Balaban J connectivity index is 1.75. The highest BCUT2D eigenvalue weighted by Crippen LogP contribution is 2.29. The number of amides is 1. The first-order valence-corrected chi connectivity index (χ1v) is 8.36. The van der Waals surface area contributed by atoms with E-state index in [-0.39, 0.29) is 16.0 Å². The zero-order valence-electron chi connectivity index (χ0n) is 12.6. The fourth-order valence-electron chi connectivity index (χ4n) is 2.29. The SMILES string of the molecule is COc1ccc(C(=O)OCN2C(=O)c3ccccc3S2(=O)=O)cc1. The second-order valence-corrected chi connectivity index (χ2v) is 6.78. The van der Waals surface area contributed by atoms with Crippen LogP contribution >= 0.6 is 0 Å². The number of hydrogen-bond acceptors (Lipinski definition) is 6. The van der Waals surface area contributed by atoms with Crippen LogP contribution in [0.3, 0.4) is 0 Å². The van der Waals surface area contributed by atoms with E-state index >= 15 is 0 Å². The largest absolute Gasteiger partial charge is 0.497 e. The van der Waals surface area contributed by atoms with Crippen molar-refractivity contribution in [3.63, 3.8) is 0 Å². The molecule has 1 amide bonds. The molecule has 0 unspecified atom stereocenters. The summed E-state index contributed by atoms with van der Waals surface area (Å²) in [6, 6.07) is 12.0. The smallest absolute Gasteiger partial charge is 0.339 e. The van der Waals surface area contributed by atoms with E-state index in [0.29, 0.717) is 10.1 Å². The van der Waals surface area contributed by atoms with Gasteiger partial charge < -0.3 is 9.47 Å². The summed E-state index contributed by atoms with van der Waals surface area (Å²) in [5, 5.41) is 0. The molecule has 0 bridgehead atoms. The molecule has 0 saturated heterocycles. The normalized spacial score (nSPS) is 15.0. The lowest BCUT2D eigenvalue weighted by atomic mass is 10.2. The number of ether oxygens (including phenoxy) is 2. The minimum atomic E-state index is -4.00. The van der Waals surface area contributed by atoms with Crippen LogP contribution < -0.4 is 4.74 Å². The maximum absolute atomic E-state index is 12.3. The van der Waals surface area contributed by atoms with Gasteiger partial charge in [0.2, 0.25) is 0 Å². The maximum Gasteiger partial charge on any atom is 0.339 e. The summed E-state index contributed by atoms with van der Waals surface area (Å²) in [5.41, 5.74) is 0.287. The van der Waals surface area contributed by atoms with Crippen LogP contribution in [-0.4, -0.2) is 38.4 Å². The van der Waals surface area contributed by atoms with Crippen LogP contribution in [-0.2, 0) is 14.8 Å². The molecule has 3 rings (SSSR count). The van der Waals surface area contributed by atoms with Crippen LogP contribution in [0.4, 0.5) is 0 Å². The lowest BCUT2D eigenvalue weighted by Gasteiger charge is -2.15. The van der Waals surface area contributed by atoms with Crippen molar-refractivity contribution in [2.75, 3.05) is 13.8 Å². The zero-order valence-corrected chi connectivity index (χ0v) is 13.4. The van der Waals surface area contributed by atoms with E-state index < -0.39 is 28.6 Å². The zero-order chi connectivity index (χ0) is 17.3. The molecule has 0 spiro atoms. The molecule has 0 saturated carbocycles. The molecule has 0 atom stereocenters. The van der Waals surface area contributed by atoms with Gasteiger partial charge in [-0.25, -0.2) is 13.2 Å². The molecule has 0 fully saturated rings. The summed E-state index contributed by atoms with van der Waals surface area (Å²) >= 11 is 0. The van der Waals surface area contributed by atoms with Gasteiger partial charge in [-0.2, -0.15) is 4.31 Å². The van der Waals surface area contributed by atoms with Gasteiger partial charge in [0, 0.05) is 0 Å². The van der Waals surface area contributed by atoms with E-state index in [1.54, 1.807) is 18.2 Å². The highest BCUT2D eigenvalue weighted by Gasteiger charge is 2.41. The lowest BCUT2D eigenvalue weighted by molar-refractivity contribution is 0.0358. The number of benzene rings is 2. The van der Waals surface area contributed by atoms with Crippen LogP contribution in [0.1, 0.15) is 20.7 Å². The molecule has 7 nitrogen and oxygen atoms in total. The Hall–Kier alpha value is -2.87. The molecule has 0 aliphatic carbocycles. The number of nitrogens with zero attached hydrogens (tertiary/aromatic N) is 1. The fourth-order valence-corrected chi connectivity index (χ4v) is 3.72. The van der Waals surface area contributed by atoms with Crippen molar-refractivity contribution in [1.82, 2.24) is 4.31 Å². The average Bonchev–Trinajstić information content (AvgIpc) is 2.80. The van der Waals surface area contributed by atoms with Crippen LogP contribution in [0.5, 0.6) is 5.75 Å². The Morgan fingerprint density at radius 1 is 1.08 bits per heavy atom. The lowest BCUT2D eigenvalue weighted by Crippen LogP contribution is -2.33. The molecule has 8 heteroatoms. The number of carbonyl (C=O) groups excluding carboxylic acids is 2. The maximum atomic E-state index is 12.3. The molecule has 24 heavy (non-hydrogen) atoms. The van der Waals surface area contributed by atoms with E-state index in [9.17, 15) is 18.0 Å². The molecular formula is C16H13NO6S. The summed E-state index contributed by atoms with van der Waals surface area (Å²) in [6.07, 6.45) is 0. The van der Waals surface area contributed by atoms with E-state index in [1.807, 2.05) is 0 Å². The van der Waals surface area contributed by atoms with Gasteiger partial charge in [-0.15, -0.1) is 0 Å². The molecular weight excluding hydrogens is 334 g/mol. The molecule has 1 aliphatic heterocycles. The van der Waals surface area contributed by atoms with Gasteiger partial charge in [0.25, 0.3) is 15.9 Å². The first-order valence-electron chi connectivity index (χ1n) is 6.92. The summed E-state index contributed by atoms with van der Waals surface area (Å²) in [5.74, 6) is -0.885. The van der Waals surface area contributed by atoms with Gasteiger partial charge in [-0.1, -0.05) is 12.1 Å². The quantitative estimate of drug-likeness (QED) is 0.781. The number of hydrogen-bond donors (Lipinski definition) is 0. The summed E-state index contributed by atoms with van der Waals surface area (Å²) in [6.45, 7) is -0.680. The topological polar surface area (TPSA) is 90.0 Å². The Morgan fingerprint density at radius 2 is 1.75 bits per heavy atom. The van der Waals surface area contributed by atoms with Gasteiger partial charge in [0.05, 0.1) is 18.2 Å². The van der Waals surface area contributed by atoms with Gasteiger partial charge in [0.15, 0.2) is 6.73 Å². The average molecular weight is 347 g/mol. The van der Waals surface area contributed by atoms with Crippen molar-refractivity contribution in [3.05, 3.63) is 59.7 Å². The molecule has 124 valence electrons. The van der Waals surface area contributed by atoms with Crippen LogP contribution in [0.2, 0.25) is 0 Å². The third-order valence-electron chi connectivity index (χ3n) is 3.55. The first kappa shape index (κ1) is 16.0. The van der Waals surface area contributed by atoms with Gasteiger partial charge >= 0.3 is 5.97 Å². The Morgan fingerprint density at radius 3 is 2.38 bits per heavy atom. The predicted molar refractivity (Wildman–Crippen MR) is 83.1 cm³/mol. The second kappa shape index (κ2) is 5.97. The highest BCUT2D eigenvalue weighted by molar-refractivity contribution is 7.90. The summed E-state index contributed by atoms with van der Waals surface area (Å²) < 4.78 is 35.1. The standard InChI is InChI=1S/C16H13NO6S/c1-22-12-8-6-11(7-9-12)16(19)23-10-17-15(18)13-4-2-3-5-14(13)24(17,20)21/h2-9H,10H2,1H3. The third kappa shape index (κ3) is 2.61.